The molecule has 1 rings (SSSR count). The predicted octanol–water partition coefficient (Wildman–Crippen LogP) is 0.766. The fourth-order valence-corrected chi connectivity index (χ4v) is 2.48. The first kappa shape index (κ1) is 14.9. The molecule has 0 aliphatic carbocycles. The predicted molar refractivity (Wildman–Crippen MR) is 72.2 cm³/mol. The number of likely N-dealkylation sites (N-methyl/N-ethyl adjacent to an activating group) is 1. The summed E-state index contributed by atoms with van der Waals surface area (Å²) in [6.45, 7) is 12.0. The van der Waals surface area contributed by atoms with Crippen LogP contribution in [0.4, 0.5) is 0 Å². The van der Waals surface area contributed by atoms with Crippen LogP contribution in [0.1, 0.15) is 27.2 Å². The van der Waals surface area contributed by atoms with Crippen molar-refractivity contribution in [1.82, 2.24) is 9.80 Å². The number of piperazine rings is 1. The van der Waals surface area contributed by atoms with Crippen LogP contribution in [0, 0.1) is 0 Å². The molecule has 1 aliphatic heterocycles. The Morgan fingerprint density at radius 1 is 1.35 bits per heavy atom. The van der Waals surface area contributed by atoms with E-state index in [1.165, 1.54) is 6.42 Å². The van der Waals surface area contributed by atoms with Crippen LogP contribution >= 0.6 is 0 Å². The number of nitrogens with two attached hydrogens (primary N) is 1. The Kier molecular flexibility index (Phi) is 5.86. The number of nitrogens with zero attached hydrogens (tertiary/aromatic N) is 2. The lowest BCUT2D eigenvalue weighted by atomic mass is 9.97. The maximum Gasteiger partial charge on any atom is 0.0659 e. The maximum atomic E-state index is 5.96. The van der Waals surface area contributed by atoms with E-state index < -0.39 is 0 Å². The molecule has 4 nitrogen and oxygen atoms in total. The number of hydrogen-bond donors (Lipinski definition) is 1. The van der Waals surface area contributed by atoms with Crippen molar-refractivity contribution in [2.24, 2.45) is 5.73 Å². The highest BCUT2D eigenvalue weighted by Gasteiger charge is 2.35. The molecule has 17 heavy (non-hydrogen) atoms. The lowest BCUT2D eigenvalue weighted by Gasteiger charge is -2.47. The van der Waals surface area contributed by atoms with Crippen molar-refractivity contribution in [3.63, 3.8) is 0 Å². The maximum absolute atomic E-state index is 5.96. The van der Waals surface area contributed by atoms with E-state index in [9.17, 15) is 0 Å². The van der Waals surface area contributed by atoms with Crippen molar-refractivity contribution in [2.45, 2.75) is 38.8 Å². The smallest absolute Gasteiger partial charge is 0.0659 e. The van der Waals surface area contributed by atoms with E-state index in [1.54, 1.807) is 0 Å². The molecule has 1 saturated heterocycles. The zero-order chi connectivity index (χ0) is 12.9. The Hall–Kier alpha value is -0.160. The Morgan fingerprint density at radius 2 is 2.06 bits per heavy atom. The van der Waals surface area contributed by atoms with Crippen molar-refractivity contribution in [1.29, 1.82) is 0 Å². The van der Waals surface area contributed by atoms with Gasteiger partial charge in [0.05, 0.1) is 12.1 Å². The van der Waals surface area contributed by atoms with Gasteiger partial charge in [-0.15, -0.1) is 0 Å². The largest absolute Gasteiger partial charge is 0.380 e. The second kappa shape index (κ2) is 6.69. The van der Waals surface area contributed by atoms with E-state index in [0.29, 0.717) is 12.6 Å². The van der Waals surface area contributed by atoms with Crippen LogP contribution in [-0.2, 0) is 4.74 Å². The summed E-state index contributed by atoms with van der Waals surface area (Å²) < 4.78 is 5.60. The van der Waals surface area contributed by atoms with Gasteiger partial charge in [0.1, 0.15) is 0 Å². The van der Waals surface area contributed by atoms with Gasteiger partial charge >= 0.3 is 0 Å². The van der Waals surface area contributed by atoms with Gasteiger partial charge in [-0.1, -0.05) is 6.92 Å². The third-order valence-electron chi connectivity index (χ3n) is 4.07. The fraction of sp³-hybridized carbons (Fsp3) is 1.00. The third kappa shape index (κ3) is 3.65. The monoisotopic (exact) mass is 243 g/mol. The molecular weight excluding hydrogens is 214 g/mol. The summed E-state index contributed by atoms with van der Waals surface area (Å²) >= 11 is 0. The van der Waals surface area contributed by atoms with Crippen molar-refractivity contribution in [3.05, 3.63) is 0 Å². The molecule has 0 amide bonds. The SMILES string of the molecule is CCOCC(C)(CN)N1CCN(C)C(CC)C1. The van der Waals surface area contributed by atoms with E-state index >= 15 is 0 Å². The molecule has 0 spiro atoms. The molecule has 4 heteroatoms. The molecule has 0 aromatic carbocycles. The zero-order valence-electron chi connectivity index (χ0n) is 11.9. The Balaban J connectivity index is 2.62. The molecule has 102 valence electrons. The van der Waals surface area contributed by atoms with Gasteiger partial charge in [-0.25, -0.2) is 0 Å². The lowest BCUT2D eigenvalue weighted by molar-refractivity contribution is -0.0282. The van der Waals surface area contributed by atoms with E-state index in [-0.39, 0.29) is 5.54 Å². The van der Waals surface area contributed by atoms with Gasteiger partial charge < -0.3 is 15.4 Å². The topological polar surface area (TPSA) is 41.7 Å². The summed E-state index contributed by atoms with van der Waals surface area (Å²) in [6, 6.07) is 0.649. The van der Waals surface area contributed by atoms with Gasteiger partial charge in [-0.05, 0) is 27.3 Å². The van der Waals surface area contributed by atoms with Crippen LogP contribution in [0.5, 0.6) is 0 Å². The molecule has 0 aromatic heterocycles. The first-order valence-corrected chi connectivity index (χ1v) is 6.80. The minimum Gasteiger partial charge on any atom is -0.380 e. The van der Waals surface area contributed by atoms with E-state index in [4.69, 9.17) is 10.5 Å². The van der Waals surface area contributed by atoms with Crippen molar-refractivity contribution >= 4 is 0 Å². The molecule has 2 unspecified atom stereocenters. The Labute approximate surface area is 106 Å². The summed E-state index contributed by atoms with van der Waals surface area (Å²) in [5.74, 6) is 0. The van der Waals surface area contributed by atoms with Crippen molar-refractivity contribution in [2.75, 3.05) is 46.4 Å². The summed E-state index contributed by atoms with van der Waals surface area (Å²) in [6.07, 6.45) is 1.20. The average molecular weight is 243 g/mol. The van der Waals surface area contributed by atoms with Crippen LogP contribution < -0.4 is 5.73 Å². The van der Waals surface area contributed by atoms with Crippen LogP contribution in [0.25, 0.3) is 0 Å². The molecule has 0 aromatic rings. The highest BCUT2D eigenvalue weighted by molar-refractivity contribution is 4.92. The molecule has 2 N–H and O–H groups in total. The summed E-state index contributed by atoms with van der Waals surface area (Å²) in [4.78, 5) is 4.96. The summed E-state index contributed by atoms with van der Waals surface area (Å²) in [5, 5.41) is 0. The summed E-state index contributed by atoms with van der Waals surface area (Å²) in [5.41, 5.74) is 5.96. The van der Waals surface area contributed by atoms with Crippen molar-refractivity contribution < 1.29 is 4.74 Å². The average Bonchev–Trinajstić information content (AvgIpc) is 2.36. The number of ether oxygens (including phenoxy) is 1. The van der Waals surface area contributed by atoms with E-state index in [2.05, 4.69) is 30.7 Å². The van der Waals surface area contributed by atoms with Crippen LogP contribution in [-0.4, -0.2) is 67.8 Å². The fourth-order valence-electron chi connectivity index (χ4n) is 2.48. The molecule has 0 radical (unpaired) electrons. The highest BCUT2D eigenvalue weighted by Crippen LogP contribution is 2.20. The van der Waals surface area contributed by atoms with E-state index in [1.807, 2.05) is 6.92 Å². The molecule has 0 bridgehead atoms. The third-order valence-corrected chi connectivity index (χ3v) is 4.07. The van der Waals surface area contributed by atoms with E-state index in [0.717, 1.165) is 32.8 Å². The van der Waals surface area contributed by atoms with Crippen molar-refractivity contribution in [3.8, 4) is 0 Å². The zero-order valence-corrected chi connectivity index (χ0v) is 11.9. The van der Waals surface area contributed by atoms with Gasteiger partial charge in [-0.3, -0.25) is 4.90 Å². The molecule has 1 heterocycles. The first-order valence-electron chi connectivity index (χ1n) is 6.80. The highest BCUT2D eigenvalue weighted by atomic mass is 16.5. The quantitative estimate of drug-likeness (QED) is 0.748. The lowest BCUT2D eigenvalue weighted by Crippen LogP contribution is -2.62. The molecule has 1 aliphatic rings. The Morgan fingerprint density at radius 3 is 2.59 bits per heavy atom. The molecule has 0 saturated carbocycles. The second-order valence-corrected chi connectivity index (χ2v) is 5.33. The van der Waals surface area contributed by atoms with Gasteiger partial charge in [0.25, 0.3) is 0 Å². The second-order valence-electron chi connectivity index (χ2n) is 5.33. The minimum atomic E-state index is -0.00924. The normalized spacial score (nSPS) is 27.0. The van der Waals surface area contributed by atoms with Gasteiger partial charge in [0.15, 0.2) is 0 Å². The minimum absolute atomic E-state index is 0.00924. The Bertz CT molecular complexity index is 225. The van der Waals surface area contributed by atoms with Gasteiger partial charge in [0, 0.05) is 38.8 Å². The standard InChI is InChI=1S/C13H29N3O/c1-5-12-9-16(8-7-15(12)4)13(3,10-14)11-17-6-2/h12H,5-11,14H2,1-4H3. The van der Waals surface area contributed by atoms with Crippen LogP contribution in [0.3, 0.4) is 0 Å². The number of hydrogen-bond acceptors (Lipinski definition) is 4. The molecule has 2 atom stereocenters. The molecular formula is C13H29N3O. The van der Waals surface area contributed by atoms with Gasteiger partial charge in [0.2, 0.25) is 0 Å². The summed E-state index contributed by atoms with van der Waals surface area (Å²) in [7, 11) is 2.22. The van der Waals surface area contributed by atoms with Crippen LogP contribution in [0.2, 0.25) is 0 Å². The first-order chi connectivity index (χ1) is 8.07. The number of rotatable bonds is 6. The molecule has 1 fully saturated rings. The van der Waals surface area contributed by atoms with Gasteiger partial charge in [-0.2, -0.15) is 0 Å². The van der Waals surface area contributed by atoms with Crippen LogP contribution in [0.15, 0.2) is 0 Å².